The van der Waals surface area contributed by atoms with Gasteiger partial charge in [0.2, 0.25) is 0 Å². The van der Waals surface area contributed by atoms with E-state index in [-0.39, 0.29) is 24.0 Å². The molecule has 2 aromatic carbocycles. The van der Waals surface area contributed by atoms with Crippen LogP contribution in [0.4, 0.5) is 5.69 Å². The summed E-state index contributed by atoms with van der Waals surface area (Å²) in [5.74, 6) is -1.62. The Hall–Kier alpha value is -2.86. The molecule has 1 unspecified atom stereocenters. The molecule has 30 heavy (non-hydrogen) atoms. The van der Waals surface area contributed by atoms with E-state index >= 15 is 0 Å². The van der Waals surface area contributed by atoms with E-state index in [1.54, 1.807) is 43.0 Å². The Kier molecular flexibility index (Phi) is 7.11. The molecule has 0 aliphatic carbocycles. The molecule has 6 nitrogen and oxygen atoms in total. The number of fused-ring (bicyclic) bond motifs is 1. The summed E-state index contributed by atoms with van der Waals surface area (Å²) >= 11 is 6.06. The van der Waals surface area contributed by atoms with Crippen LogP contribution < -0.4 is 10.2 Å². The number of nitrogens with one attached hydrogen (secondary N) is 1. The molecule has 2 aromatic rings. The van der Waals surface area contributed by atoms with Gasteiger partial charge in [0.25, 0.3) is 11.8 Å². The third-order valence-corrected chi connectivity index (χ3v) is 5.40. The first-order valence-electron chi connectivity index (χ1n) is 9.98. The lowest BCUT2D eigenvalue weighted by Gasteiger charge is -2.29. The number of hydrogen-bond donors (Lipinski definition) is 1. The molecule has 0 aromatic heterocycles. The predicted octanol–water partition coefficient (Wildman–Crippen LogP) is 3.62. The minimum absolute atomic E-state index is 0.227. The van der Waals surface area contributed by atoms with E-state index in [0.29, 0.717) is 11.6 Å². The fourth-order valence-electron chi connectivity index (χ4n) is 3.46. The largest absolute Gasteiger partial charge is 0.454 e. The predicted molar refractivity (Wildman–Crippen MR) is 116 cm³/mol. The molecule has 0 saturated heterocycles. The van der Waals surface area contributed by atoms with Crippen molar-refractivity contribution in [1.29, 1.82) is 0 Å². The van der Waals surface area contributed by atoms with Gasteiger partial charge in [-0.2, -0.15) is 0 Å². The molecule has 3 rings (SSSR count). The third kappa shape index (κ3) is 5.00. The number of amides is 2. The van der Waals surface area contributed by atoms with E-state index in [2.05, 4.69) is 5.32 Å². The summed E-state index contributed by atoms with van der Waals surface area (Å²) in [6.45, 7) is 3.80. The lowest BCUT2D eigenvalue weighted by molar-refractivity contribution is -0.150. The molecule has 1 aliphatic heterocycles. The summed E-state index contributed by atoms with van der Waals surface area (Å²) in [6.07, 6.45) is 1.78. The van der Waals surface area contributed by atoms with E-state index in [1.807, 2.05) is 24.3 Å². The zero-order valence-electron chi connectivity index (χ0n) is 17.1. The summed E-state index contributed by atoms with van der Waals surface area (Å²) in [5.41, 5.74) is 2.24. The number of rotatable bonds is 6. The van der Waals surface area contributed by atoms with Crippen molar-refractivity contribution in [2.75, 3.05) is 18.1 Å². The van der Waals surface area contributed by atoms with Crippen LogP contribution in [0.25, 0.3) is 0 Å². The molecular weight excluding hydrogens is 404 g/mol. The van der Waals surface area contributed by atoms with Gasteiger partial charge in [0.1, 0.15) is 6.04 Å². The standard InChI is InChI=1S/C23H25ClN2O4/c1-15(2)21(25-22(28)17-10-4-5-11-18(17)24)23(29)30-14-20(27)26-13-7-9-16-8-3-6-12-19(16)26/h3-6,8,10-12,15,21H,7,9,13-14H2,1-2H3,(H,25,28). The SMILES string of the molecule is CC(C)C(NC(=O)c1ccccc1Cl)C(=O)OCC(=O)N1CCCc2ccccc21. The van der Waals surface area contributed by atoms with Crippen molar-refractivity contribution in [2.45, 2.75) is 32.7 Å². The first-order chi connectivity index (χ1) is 14.4. The Morgan fingerprint density at radius 2 is 1.80 bits per heavy atom. The first-order valence-corrected chi connectivity index (χ1v) is 10.4. The topological polar surface area (TPSA) is 75.7 Å². The lowest BCUT2D eigenvalue weighted by Crippen LogP contribution is -2.46. The average Bonchev–Trinajstić information content (AvgIpc) is 2.75. The van der Waals surface area contributed by atoms with Crippen LogP contribution in [0.3, 0.4) is 0 Å². The van der Waals surface area contributed by atoms with Gasteiger partial charge in [-0.25, -0.2) is 4.79 Å². The highest BCUT2D eigenvalue weighted by molar-refractivity contribution is 6.33. The molecule has 0 bridgehead atoms. The van der Waals surface area contributed by atoms with Crippen molar-refractivity contribution in [1.82, 2.24) is 5.32 Å². The number of carbonyl (C=O) groups excluding carboxylic acids is 3. The Bertz CT molecular complexity index is 944. The van der Waals surface area contributed by atoms with Crippen molar-refractivity contribution in [3.8, 4) is 0 Å². The van der Waals surface area contributed by atoms with E-state index in [4.69, 9.17) is 16.3 Å². The highest BCUT2D eigenvalue weighted by Crippen LogP contribution is 2.26. The van der Waals surface area contributed by atoms with Crippen LogP contribution in [0.1, 0.15) is 36.2 Å². The van der Waals surface area contributed by atoms with Crippen molar-refractivity contribution in [2.24, 2.45) is 5.92 Å². The van der Waals surface area contributed by atoms with Gasteiger partial charge in [-0.05, 0) is 42.5 Å². The first kappa shape index (κ1) is 21.8. The van der Waals surface area contributed by atoms with Crippen LogP contribution in [-0.2, 0) is 20.7 Å². The molecule has 1 atom stereocenters. The monoisotopic (exact) mass is 428 g/mol. The molecule has 1 N–H and O–H groups in total. The van der Waals surface area contributed by atoms with Crippen molar-refractivity contribution >= 4 is 35.1 Å². The number of halogens is 1. The number of carbonyl (C=O) groups is 3. The summed E-state index contributed by atoms with van der Waals surface area (Å²) in [4.78, 5) is 39.5. The summed E-state index contributed by atoms with van der Waals surface area (Å²) in [6, 6.07) is 13.4. The minimum atomic E-state index is -0.893. The quantitative estimate of drug-likeness (QED) is 0.713. The van der Waals surface area contributed by atoms with E-state index in [9.17, 15) is 14.4 Å². The second-order valence-corrected chi connectivity index (χ2v) is 7.97. The minimum Gasteiger partial charge on any atom is -0.454 e. The fourth-order valence-corrected chi connectivity index (χ4v) is 3.68. The molecule has 7 heteroatoms. The molecular formula is C23H25ClN2O4. The van der Waals surface area contributed by atoms with Gasteiger partial charge < -0.3 is 15.0 Å². The van der Waals surface area contributed by atoms with Crippen LogP contribution in [-0.4, -0.2) is 37.0 Å². The van der Waals surface area contributed by atoms with Crippen molar-refractivity contribution in [3.05, 3.63) is 64.7 Å². The van der Waals surface area contributed by atoms with Gasteiger partial charge in [-0.1, -0.05) is 55.8 Å². The number of esters is 1. The van der Waals surface area contributed by atoms with Gasteiger partial charge >= 0.3 is 5.97 Å². The molecule has 0 fully saturated rings. The molecule has 1 aliphatic rings. The normalized spacial score (nSPS) is 14.1. The van der Waals surface area contributed by atoms with Crippen molar-refractivity contribution < 1.29 is 19.1 Å². The molecule has 0 saturated carbocycles. The van der Waals surface area contributed by atoms with E-state index in [0.717, 1.165) is 24.1 Å². The number of aryl methyl sites for hydroxylation is 1. The van der Waals surface area contributed by atoms with Gasteiger partial charge in [0.05, 0.1) is 10.6 Å². The van der Waals surface area contributed by atoms with E-state index < -0.39 is 17.9 Å². The van der Waals surface area contributed by atoms with Crippen LogP contribution in [0, 0.1) is 5.92 Å². The van der Waals surface area contributed by atoms with Gasteiger partial charge in [-0.3, -0.25) is 9.59 Å². The molecule has 0 radical (unpaired) electrons. The zero-order valence-corrected chi connectivity index (χ0v) is 17.8. The lowest BCUT2D eigenvalue weighted by atomic mass is 10.0. The van der Waals surface area contributed by atoms with Crippen LogP contribution in [0.15, 0.2) is 48.5 Å². The van der Waals surface area contributed by atoms with Crippen molar-refractivity contribution in [3.63, 3.8) is 0 Å². The van der Waals surface area contributed by atoms with Gasteiger partial charge in [0, 0.05) is 12.2 Å². The fraction of sp³-hybridized carbons (Fsp3) is 0.348. The maximum atomic E-state index is 12.7. The maximum Gasteiger partial charge on any atom is 0.329 e. The Balaban J connectivity index is 1.63. The molecule has 2 amide bonds. The van der Waals surface area contributed by atoms with Gasteiger partial charge in [-0.15, -0.1) is 0 Å². The number of nitrogens with zero attached hydrogens (tertiary/aromatic N) is 1. The highest BCUT2D eigenvalue weighted by Gasteiger charge is 2.29. The molecule has 158 valence electrons. The molecule has 1 heterocycles. The summed E-state index contributed by atoms with van der Waals surface area (Å²) < 4.78 is 5.28. The number of hydrogen-bond acceptors (Lipinski definition) is 4. The second kappa shape index (κ2) is 9.76. The summed E-state index contributed by atoms with van der Waals surface area (Å²) in [7, 11) is 0. The van der Waals surface area contributed by atoms with E-state index in [1.165, 1.54) is 0 Å². The average molecular weight is 429 g/mol. The number of para-hydroxylation sites is 1. The Morgan fingerprint density at radius 1 is 1.10 bits per heavy atom. The number of benzene rings is 2. The summed E-state index contributed by atoms with van der Waals surface area (Å²) in [5, 5.41) is 2.97. The van der Waals surface area contributed by atoms with Crippen LogP contribution in [0.2, 0.25) is 5.02 Å². The Labute approximate surface area is 181 Å². The molecule has 0 spiro atoms. The van der Waals surface area contributed by atoms with Gasteiger partial charge in [0.15, 0.2) is 6.61 Å². The number of ether oxygens (including phenoxy) is 1. The second-order valence-electron chi connectivity index (χ2n) is 7.56. The zero-order chi connectivity index (χ0) is 21.7. The van der Waals surface area contributed by atoms with Crippen LogP contribution in [0.5, 0.6) is 0 Å². The smallest absolute Gasteiger partial charge is 0.329 e. The number of anilines is 1. The van der Waals surface area contributed by atoms with Crippen LogP contribution >= 0.6 is 11.6 Å². The highest BCUT2D eigenvalue weighted by atomic mass is 35.5. The maximum absolute atomic E-state index is 12.7. The Morgan fingerprint density at radius 3 is 2.53 bits per heavy atom. The third-order valence-electron chi connectivity index (χ3n) is 5.07.